The van der Waals surface area contributed by atoms with Crippen molar-refractivity contribution >= 4 is 11.8 Å². The fourth-order valence-electron chi connectivity index (χ4n) is 3.49. The molecule has 0 amide bonds. The molecule has 0 radical (unpaired) electrons. The number of aromatic nitrogens is 1. The van der Waals surface area contributed by atoms with Crippen LogP contribution < -0.4 is 5.73 Å². The molecule has 0 spiro atoms. The molecule has 0 aromatic carbocycles. The Morgan fingerprint density at radius 1 is 1.52 bits per heavy atom. The number of nitrogens with two attached hydrogens (primary N) is 1. The van der Waals surface area contributed by atoms with Crippen LogP contribution in [0.25, 0.3) is 0 Å². The highest BCUT2D eigenvalue weighted by Crippen LogP contribution is 2.45. The molecule has 1 atom stereocenters. The second-order valence-electron chi connectivity index (χ2n) is 6.59. The molecule has 3 rings (SSSR count). The summed E-state index contributed by atoms with van der Waals surface area (Å²) < 4.78 is 0. The number of rotatable bonds is 5. The van der Waals surface area contributed by atoms with Gasteiger partial charge in [0.2, 0.25) is 0 Å². The molecule has 1 saturated carbocycles. The van der Waals surface area contributed by atoms with Crippen molar-refractivity contribution in [3.05, 3.63) is 23.9 Å². The zero-order valence-corrected chi connectivity index (χ0v) is 12.3. The Bertz CT molecular complexity index is 530. The van der Waals surface area contributed by atoms with Gasteiger partial charge in [-0.1, -0.05) is 18.9 Å². The molecule has 5 heteroatoms. The Balaban J connectivity index is 1.72. The lowest BCUT2D eigenvalue weighted by Crippen LogP contribution is -2.47. The van der Waals surface area contributed by atoms with Crippen LogP contribution in [0.15, 0.2) is 18.3 Å². The Hall–Kier alpha value is -1.62. The van der Waals surface area contributed by atoms with Crippen LogP contribution in [0, 0.1) is 11.3 Å². The molecule has 1 aliphatic heterocycles. The lowest BCUT2D eigenvalue weighted by atomic mass is 9.75. The van der Waals surface area contributed by atoms with Gasteiger partial charge in [-0.25, -0.2) is 4.98 Å². The van der Waals surface area contributed by atoms with Crippen LogP contribution in [0.3, 0.4) is 0 Å². The van der Waals surface area contributed by atoms with Gasteiger partial charge in [0.25, 0.3) is 0 Å². The average Bonchev–Trinajstić information content (AvgIpc) is 3.25. The minimum Gasteiger partial charge on any atom is -0.481 e. The van der Waals surface area contributed by atoms with E-state index in [4.69, 9.17) is 5.73 Å². The molecular formula is C16H23N3O2. The first-order chi connectivity index (χ1) is 10.1. The number of carboxylic acids is 1. The predicted octanol–water partition coefficient (Wildman–Crippen LogP) is 2.13. The molecule has 2 aliphatic rings. The van der Waals surface area contributed by atoms with E-state index in [1.54, 1.807) is 6.20 Å². The van der Waals surface area contributed by atoms with E-state index in [0.29, 0.717) is 24.8 Å². The lowest BCUT2D eigenvalue weighted by Gasteiger charge is -2.40. The Morgan fingerprint density at radius 3 is 3.00 bits per heavy atom. The standard InChI is InChI=1S/C16H23N3O2/c17-14-13(3-1-7-18-14)10-19-8-2-6-16(11-19,15(20)21)9-12-4-5-12/h1,3,7,12H,2,4-6,8-11H2,(H2,17,18)(H,20,21). The number of piperidine rings is 1. The largest absolute Gasteiger partial charge is 0.481 e. The third kappa shape index (κ3) is 3.18. The van der Waals surface area contributed by atoms with E-state index in [2.05, 4.69) is 9.88 Å². The van der Waals surface area contributed by atoms with E-state index < -0.39 is 11.4 Å². The number of carbonyl (C=O) groups is 1. The molecular weight excluding hydrogens is 266 g/mol. The van der Waals surface area contributed by atoms with Crippen LogP contribution in [0.2, 0.25) is 0 Å². The van der Waals surface area contributed by atoms with Crippen molar-refractivity contribution in [2.24, 2.45) is 11.3 Å². The monoisotopic (exact) mass is 289 g/mol. The second kappa shape index (κ2) is 5.64. The summed E-state index contributed by atoms with van der Waals surface area (Å²) in [6, 6.07) is 3.85. The van der Waals surface area contributed by atoms with E-state index in [-0.39, 0.29) is 0 Å². The number of pyridine rings is 1. The molecule has 1 aromatic rings. The molecule has 2 heterocycles. The van der Waals surface area contributed by atoms with Gasteiger partial charge < -0.3 is 10.8 Å². The van der Waals surface area contributed by atoms with Crippen LogP contribution >= 0.6 is 0 Å². The molecule has 1 unspecified atom stereocenters. The van der Waals surface area contributed by atoms with Crippen LogP contribution in [0.1, 0.15) is 37.7 Å². The highest BCUT2D eigenvalue weighted by molar-refractivity contribution is 5.75. The highest BCUT2D eigenvalue weighted by atomic mass is 16.4. The third-order valence-corrected chi connectivity index (χ3v) is 4.81. The number of nitrogen functional groups attached to an aromatic ring is 1. The minimum atomic E-state index is -0.627. The first kappa shape index (κ1) is 14.3. The summed E-state index contributed by atoms with van der Waals surface area (Å²) in [5, 5.41) is 9.74. The topological polar surface area (TPSA) is 79.5 Å². The first-order valence-corrected chi connectivity index (χ1v) is 7.74. The number of likely N-dealkylation sites (tertiary alicyclic amines) is 1. The van der Waals surface area contributed by atoms with Gasteiger partial charge >= 0.3 is 5.97 Å². The van der Waals surface area contributed by atoms with E-state index in [1.165, 1.54) is 12.8 Å². The zero-order valence-electron chi connectivity index (χ0n) is 12.3. The Morgan fingerprint density at radius 2 is 2.33 bits per heavy atom. The van der Waals surface area contributed by atoms with Gasteiger partial charge in [0, 0.05) is 24.8 Å². The number of nitrogens with zero attached hydrogens (tertiary/aromatic N) is 2. The third-order valence-electron chi connectivity index (χ3n) is 4.81. The molecule has 3 N–H and O–H groups in total. The molecule has 21 heavy (non-hydrogen) atoms. The van der Waals surface area contributed by atoms with Crippen LogP contribution in [-0.4, -0.2) is 34.0 Å². The molecule has 1 saturated heterocycles. The summed E-state index contributed by atoms with van der Waals surface area (Å²) >= 11 is 0. The Kier molecular flexibility index (Phi) is 3.85. The summed E-state index contributed by atoms with van der Waals surface area (Å²) in [5.74, 6) is 0.550. The maximum absolute atomic E-state index is 11.8. The van der Waals surface area contributed by atoms with Crippen molar-refractivity contribution in [2.45, 2.75) is 38.6 Å². The number of carboxylic acid groups (broad SMARTS) is 1. The normalized spacial score (nSPS) is 26.7. The minimum absolute atomic E-state index is 0.547. The van der Waals surface area contributed by atoms with E-state index >= 15 is 0 Å². The molecule has 5 nitrogen and oxygen atoms in total. The fraction of sp³-hybridized carbons (Fsp3) is 0.625. The molecule has 1 aromatic heterocycles. The van der Waals surface area contributed by atoms with Crippen molar-refractivity contribution in [3.63, 3.8) is 0 Å². The highest BCUT2D eigenvalue weighted by Gasteiger charge is 2.45. The zero-order chi connectivity index (χ0) is 14.9. The maximum Gasteiger partial charge on any atom is 0.310 e. The van der Waals surface area contributed by atoms with Gasteiger partial charge in [-0.15, -0.1) is 0 Å². The SMILES string of the molecule is Nc1ncccc1CN1CCCC(CC2CC2)(C(=O)O)C1. The summed E-state index contributed by atoms with van der Waals surface area (Å²) in [5.41, 5.74) is 6.33. The average molecular weight is 289 g/mol. The predicted molar refractivity (Wildman–Crippen MR) is 80.6 cm³/mol. The maximum atomic E-state index is 11.8. The number of hydrogen-bond donors (Lipinski definition) is 2. The quantitative estimate of drug-likeness (QED) is 0.868. The van der Waals surface area contributed by atoms with Gasteiger partial charge in [-0.3, -0.25) is 9.69 Å². The second-order valence-corrected chi connectivity index (χ2v) is 6.59. The molecule has 2 fully saturated rings. The number of anilines is 1. The van der Waals surface area contributed by atoms with E-state index in [9.17, 15) is 9.90 Å². The van der Waals surface area contributed by atoms with Gasteiger partial charge in [-0.2, -0.15) is 0 Å². The number of aliphatic carboxylic acids is 1. The van der Waals surface area contributed by atoms with Crippen LogP contribution in [-0.2, 0) is 11.3 Å². The molecule has 114 valence electrons. The summed E-state index contributed by atoms with van der Waals surface area (Å²) in [7, 11) is 0. The summed E-state index contributed by atoms with van der Waals surface area (Å²) in [4.78, 5) is 18.2. The van der Waals surface area contributed by atoms with Gasteiger partial charge in [0.05, 0.1) is 5.41 Å². The lowest BCUT2D eigenvalue weighted by molar-refractivity contribution is -0.153. The van der Waals surface area contributed by atoms with Crippen LogP contribution in [0.4, 0.5) is 5.82 Å². The smallest absolute Gasteiger partial charge is 0.310 e. The van der Waals surface area contributed by atoms with E-state index in [1.807, 2.05) is 12.1 Å². The van der Waals surface area contributed by atoms with Gasteiger partial charge in [0.15, 0.2) is 0 Å². The van der Waals surface area contributed by atoms with Crippen molar-refractivity contribution in [1.82, 2.24) is 9.88 Å². The van der Waals surface area contributed by atoms with Gasteiger partial charge in [0.1, 0.15) is 5.82 Å². The van der Waals surface area contributed by atoms with Crippen molar-refractivity contribution in [2.75, 3.05) is 18.8 Å². The van der Waals surface area contributed by atoms with E-state index in [0.717, 1.165) is 31.4 Å². The van der Waals surface area contributed by atoms with Crippen LogP contribution in [0.5, 0.6) is 0 Å². The summed E-state index contributed by atoms with van der Waals surface area (Å²) in [6.07, 6.45) is 6.66. The Labute approximate surface area is 125 Å². The fourth-order valence-corrected chi connectivity index (χ4v) is 3.49. The van der Waals surface area contributed by atoms with Gasteiger partial charge in [-0.05, 0) is 37.8 Å². The first-order valence-electron chi connectivity index (χ1n) is 7.74. The molecule has 0 bridgehead atoms. The van der Waals surface area contributed by atoms with Crippen molar-refractivity contribution in [1.29, 1.82) is 0 Å². The number of hydrogen-bond acceptors (Lipinski definition) is 4. The summed E-state index contributed by atoms with van der Waals surface area (Å²) in [6.45, 7) is 2.26. The van der Waals surface area contributed by atoms with Crippen molar-refractivity contribution in [3.8, 4) is 0 Å². The molecule has 1 aliphatic carbocycles. The van der Waals surface area contributed by atoms with Crippen molar-refractivity contribution < 1.29 is 9.90 Å².